The van der Waals surface area contributed by atoms with E-state index in [1.54, 1.807) is 0 Å². The molecule has 0 saturated heterocycles. The number of esters is 3. The summed E-state index contributed by atoms with van der Waals surface area (Å²) in [6.07, 6.45) is 46.5. The summed E-state index contributed by atoms with van der Waals surface area (Å²) < 4.78 is 16.8. The molecule has 0 aliphatic heterocycles. The lowest BCUT2D eigenvalue weighted by molar-refractivity contribution is -0.167. The first kappa shape index (κ1) is 55.4. The molecule has 0 aromatic rings. The van der Waals surface area contributed by atoms with Gasteiger partial charge in [-0.15, -0.1) is 0 Å². The maximum absolute atomic E-state index is 12.7. The zero-order valence-corrected chi connectivity index (χ0v) is 38.8. The van der Waals surface area contributed by atoms with E-state index < -0.39 is 6.10 Å². The van der Waals surface area contributed by atoms with E-state index in [1.807, 2.05) is 0 Å². The number of unbranched alkanes of at least 4 members (excludes halogenated alkanes) is 32. The highest BCUT2D eigenvalue weighted by Gasteiger charge is 2.19. The maximum Gasteiger partial charge on any atom is 0.306 e. The van der Waals surface area contributed by atoms with Crippen LogP contribution in [0.3, 0.4) is 0 Å². The van der Waals surface area contributed by atoms with Crippen LogP contribution < -0.4 is 0 Å². The second kappa shape index (κ2) is 45.5. The Hall–Kier alpha value is -1.59. The van der Waals surface area contributed by atoms with Crippen molar-refractivity contribution in [2.45, 2.75) is 291 Å². The second-order valence-corrected chi connectivity index (χ2v) is 17.7. The standard InChI is InChI=1S/C51H98O6/c1-5-8-10-12-14-16-17-18-19-20-21-22-27-30-34-38-42-49(52)55-45-48(57-51(54)44-40-36-32-25-15-13-11-9-6-2)46-56-50(53)43-39-35-31-28-24-23-26-29-33-37-41-47(4)7-3/h47-48H,5-46H2,1-4H3/t47?,48-/m1/s1. The summed E-state index contributed by atoms with van der Waals surface area (Å²) in [5.41, 5.74) is 0. The number of ether oxygens (including phenoxy) is 3. The van der Waals surface area contributed by atoms with Crippen LogP contribution >= 0.6 is 0 Å². The fourth-order valence-electron chi connectivity index (χ4n) is 7.66. The molecule has 0 fully saturated rings. The normalized spacial score (nSPS) is 12.4. The van der Waals surface area contributed by atoms with E-state index in [-0.39, 0.29) is 31.1 Å². The highest BCUT2D eigenvalue weighted by molar-refractivity contribution is 5.71. The fourth-order valence-corrected chi connectivity index (χ4v) is 7.66. The van der Waals surface area contributed by atoms with Crippen LogP contribution in [0.4, 0.5) is 0 Å². The van der Waals surface area contributed by atoms with Crippen LogP contribution in [0.15, 0.2) is 0 Å². The Morgan fingerprint density at radius 2 is 0.614 bits per heavy atom. The average molecular weight is 807 g/mol. The molecule has 0 aromatic heterocycles. The Morgan fingerprint density at radius 3 is 0.912 bits per heavy atom. The minimum absolute atomic E-state index is 0.0632. The lowest BCUT2D eigenvalue weighted by Crippen LogP contribution is -2.30. The first-order chi connectivity index (χ1) is 27.9. The summed E-state index contributed by atoms with van der Waals surface area (Å²) in [5.74, 6) is 0.0208. The predicted octanol–water partition coefficient (Wildman–Crippen LogP) is 16.3. The van der Waals surface area contributed by atoms with Gasteiger partial charge in [-0.2, -0.15) is 0 Å². The Bertz CT molecular complexity index is 859. The minimum Gasteiger partial charge on any atom is -0.462 e. The Balaban J connectivity index is 4.25. The molecule has 57 heavy (non-hydrogen) atoms. The average Bonchev–Trinajstić information content (AvgIpc) is 3.21. The van der Waals surface area contributed by atoms with Gasteiger partial charge in [0, 0.05) is 19.3 Å². The molecule has 0 heterocycles. The third kappa shape index (κ3) is 43.8. The molecule has 6 heteroatoms. The number of hydrogen-bond donors (Lipinski definition) is 0. The molecule has 0 radical (unpaired) electrons. The molecule has 0 aliphatic rings. The van der Waals surface area contributed by atoms with Crippen molar-refractivity contribution in [1.82, 2.24) is 0 Å². The molecule has 0 bridgehead atoms. The monoisotopic (exact) mass is 807 g/mol. The van der Waals surface area contributed by atoms with Crippen LogP contribution in [-0.2, 0) is 28.6 Å². The van der Waals surface area contributed by atoms with Crippen molar-refractivity contribution in [3.63, 3.8) is 0 Å². The fraction of sp³-hybridized carbons (Fsp3) is 0.941. The molecule has 0 N–H and O–H groups in total. The first-order valence-electron chi connectivity index (χ1n) is 25.4. The van der Waals surface area contributed by atoms with Crippen LogP contribution in [-0.4, -0.2) is 37.2 Å². The molecule has 0 spiro atoms. The molecule has 0 rings (SSSR count). The summed E-state index contributed by atoms with van der Waals surface area (Å²) in [5, 5.41) is 0. The largest absolute Gasteiger partial charge is 0.462 e. The number of hydrogen-bond acceptors (Lipinski definition) is 6. The van der Waals surface area contributed by atoms with E-state index in [2.05, 4.69) is 27.7 Å². The maximum atomic E-state index is 12.7. The van der Waals surface area contributed by atoms with E-state index >= 15 is 0 Å². The molecule has 0 amide bonds. The van der Waals surface area contributed by atoms with E-state index in [9.17, 15) is 14.4 Å². The van der Waals surface area contributed by atoms with Crippen LogP contribution in [0.25, 0.3) is 0 Å². The van der Waals surface area contributed by atoms with E-state index in [0.717, 1.165) is 63.7 Å². The second-order valence-electron chi connectivity index (χ2n) is 17.7. The predicted molar refractivity (Wildman–Crippen MR) is 243 cm³/mol. The molecule has 2 atom stereocenters. The summed E-state index contributed by atoms with van der Waals surface area (Å²) in [7, 11) is 0. The summed E-state index contributed by atoms with van der Waals surface area (Å²) in [4.78, 5) is 37.8. The molecule has 1 unspecified atom stereocenters. The Morgan fingerprint density at radius 1 is 0.351 bits per heavy atom. The molecule has 0 aromatic carbocycles. The number of carbonyl (C=O) groups excluding carboxylic acids is 3. The van der Waals surface area contributed by atoms with Gasteiger partial charge in [-0.05, 0) is 25.2 Å². The van der Waals surface area contributed by atoms with Crippen molar-refractivity contribution in [1.29, 1.82) is 0 Å². The van der Waals surface area contributed by atoms with Crippen molar-refractivity contribution in [3.05, 3.63) is 0 Å². The lowest BCUT2D eigenvalue weighted by atomic mass is 9.99. The highest BCUT2D eigenvalue weighted by atomic mass is 16.6. The van der Waals surface area contributed by atoms with Gasteiger partial charge < -0.3 is 14.2 Å². The molecule has 0 saturated carbocycles. The summed E-state index contributed by atoms with van der Waals surface area (Å²) >= 11 is 0. The van der Waals surface area contributed by atoms with Crippen molar-refractivity contribution in [2.24, 2.45) is 5.92 Å². The van der Waals surface area contributed by atoms with Crippen LogP contribution in [0.1, 0.15) is 285 Å². The SMILES string of the molecule is CCCCCCCCCCCCCCCCCCC(=O)OC[C@H](COC(=O)CCCCCCCCCCCCC(C)CC)OC(=O)CCCCCCCCCCC. The summed E-state index contributed by atoms with van der Waals surface area (Å²) in [6, 6.07) is 0. The first-order valence-corrected chi connectivity index (χ1v) is 25.4. The van der Waals surface area contributed by atoms with Crippen molar-refractivity contribution < 1.29 is 28.6 Å². The van der Waals surface area contributed by atoms with E-state index in [4.69, 9.17) is 14.2 Å². The zero-order chi connectivity index (χ0) is 41.7. The third-order valence-corrected chi connectivity index (χ3v) is 11.9. The van der Waals surface area contributed by atoms with Crippen LogP contribution in [0, 0.1) is 5.92 Å². The molecule has 0 aliphatic carbocycles. The van der Waals surface area contributed by atoms with Crippen molar-refractivity contribution in [3.8, 4) is 0 Å². The van der Waals surface area contributed by atoms with Gasteiger partial charge in [0.15, 0.2) is 6.10 Å². The Kier molecular flexibility index (Phi) is 44.2. The molecule has 338 valence electrons. The Labute approximate surface area is 355 Å². The van der Waals surface area contributed by atoms with Gasteiger partial charge in [-0.3, -0.25) is 14.4 Å². The smallest absolute Gasteiger partial charge is 0.306 e. The van der Waals surface area contributed by atoms with Gasteiger partial charge in [-0.1, -0.05) is 246 Å². The summed E-state index contributed by atoms with van der Waals surface area (Å²) in [6.45, 7) is 9.03. The van der Waals surface area contributed by atoms with Gasteiger partial charge in [0.05, 0.1) is 0 Å². The van der Waals surface area contributed by atoms with Crippen LogP contribution in [0.2, 0.25) is 0 Å². The van der Waals surface area contributed by atoms with Gasteiger partial charge in [0.1, 0.15) is 13.2 Å². The molecular weight excluding hydrogens is 709 g/mol. The van der Waals surface area contributed by atoms with Crippen LogP contribution in [0.5, 0.6) is 0 Å². The third-order valence-electron chi connectivity index (χ3n) is 11.9. The van der Waals surface area contributed by atoms with Gasteiger partial charge in [0.25, 0.3) is 0 Å². The lowest BCUT2D eigenvalue weighted by Gasteiger charge is -2.18. The van der Waals surface area contributed by atoms with E-state index in [0.29, 0.717) is 19.3 Å². The van der Waals surface area contributed by atoms with E-state index in [1.165, 1.54) is 180 Å². The van der Waals surface area contributed by atoms with Crippen molar-refractivity contribution >= 4 is 17.9 Å². The number of carbonyl (C=O) groups is 3. The van der Waals surface area contributed by atoms with Crippen molar-refractivity contribution in [2.75, 3.05) is 13.2 Å². The van der Waals surface area contributed by atoms with Gasteiger partial charge in [0.2, 0.25) is 0 Å². The zero-order valence-electron chi connectivity index (χ0n) is 38.8. The van der Waals surface area contributed by atoms with Gasteiger partial charge >= 0.3 is 17.9 Å². The highest BCUT2D eigenvalue weighted by Crippen LogP contribution is 2.17. The van der Waals surface area contributed by atoms with Gasteiger partial charge in [-0.25, -0.2) is 0 Å². The minimum atomic E-state index is -0.759. The molecular formula is C51H98O6. The quantitative estimate of drug-likeness (QED) is 0.0346. The number of rotatable bonds is 46. The topological polar surface area (TPSA) is 78.9 Å². The molecule has 6 nitrogen and oxygen atoms in total.